The first-order chi connectivity index (χ1) is 9.65. The molecule has 0 bridgehead atoms. The average molecular weight is 309 g/mol. The maximum absolute atomic E-state index is 12.8. The first-order valence-corrected chi connectivity index (χ1v) is 7.16. The molecule has 0 radical (unpaired) electrons. The van der Waals surface area contributed by atoms with Gasteiger partial charge < -0.3 is 5.32 Å². The number of nitrogens with zero attached hydrogens (tertiary/aromatic N) is 3. The average Bonchev–Trinajstić information content (AvgIpc) is 2.82. The summed E-state index contributed by atoms with van der Waals surface area (Å²) in [5.41, 5.74) is 0.865. The van der Waals surface area contributed by atoms with Crippen molar-refractivity contribution in [2.24, 2.45) is 0 Å². The third kappa shape index (κ3) is 2.44. The highest BCUT2D eigenvalue weighted by atomic mass is 35.5. The quantitative estimate of drug-likeness (QED) is 0.742. The Morgan fingerprint density at radius 2 is 2.15 bits per heavy atom. The number of anilines is 1. The molecule has 102 valence electrons. The maximum atomic E-state index is 12.8. The van der Waals surface area contributed by atoms with Crippen LogP contribution in [0.15, 0.2) is 30.0 Å². The number of pyridine rings is 1. The highest BCUT2D eigenvalue weighted by Gasteiger charge is 2.13. The van der Waals surface area contributed by atoms with Gasteiger partial charge in [0.2, 0.25) is 5.95 Å². The summed E-state index contributed by atoms with van der Waals surface area (Å²) in [6.07, 6.45) is 2.99. The number of thiophene rings is 1. The van der Waals surface area contributed by atoms with Crippen LogP contribution in [0, 0.1) is 5.95 Å². The van der Waals surface area contributed by atoms with Crippen LogP contribution >= 0.6 is 22.9 Å². The molecular weight excluding hydrogens is 299 g/mol. The van der Waals surface area contributed by atoms with E-state index < -0.39 is 5.95 Å². The lowest BCUT2D eigenvalue weighted by Crippen LogP contribution is -2.09. The van der Waals surface area contributed by atoms with E-state index in [1.165, 1.54) is 29.9 Å². The molecule has 0 saturated heterocycles. The van der Waals surface area contributed by atoms with Crippen molar-refractivity contribution in [3.63, 3.8) is 0 Å². The number of hydrogen-bond donors (Lipinski definition) is 1. The summed E-state index contributed by atoms with van der Waals surface area (Å²) >= 11 is 7.62. The lowest BCUT2D eigenvalue weighted by atomic mass is 10.1. The zero-order chi connectivity index (χ0) is 14.1. The molecule has 7 heteroatoms. The predicted octanol–water partition coefficient (Wildman–Crippen LogP) is 4.05. The monoisotopic (exact) mass is 308 g/mol. The van der Waals surface area contributed by atoms with Crippen molar-refractivity contribution in [1.82, 2.24) is 15.0 Å². The van der Waals surface area contributed by atoms with Crippen LogP contribution in [0.4, 0.5) is 10.2 Å². The molecule has 20 heavy (non-hydrogen) atoms. The molecule has 0 amide bonds. The number of fused-ring (bicyclic) bond motifs is 1. The minimum Gasteiger partial charge on any atom is -0.363 e. The lowest BCUT2D eigenvalue weighted by Gasteiger charge is -2.15. The van der Waals surface area contributed by atoms with Gasteiger partial charge in [0.1, 0.15) is 17.0 Å². The molecule has 3 aromatic rings. The first-order valence-electron chi connectivity index (χ1n) is 5.91. The Morgan fingerprint density at radius 3 is 2.90 bits per heavy atom. The highest BCUT2D eigenvalue weighted by Crippen LogP contribution is 2.33. The Kier molecular flexibility index (Phi) is 3.50. The molecule has 3 rings (SSSR count). The van der Waals surface area contributed by atoms with Crippen molar-refractivity contribution in [3.8, 4) is 0 Å². The van der Waals surface area contributed by atoms with Crippen molar-refractivity contribution in [3.05, 3.63) is 46.6 Å². The molecule has 0 saturated carbocycles. The first kappa shape index (κ1) is 13.2. The molecule has 0 fully saturated rings. The standard InChI is InChI=1S/C13H10ClFN4S/c1-7(8-2-3-10(15)16-4-8)19-12-11-9(14)5-20-13(11)18-6-17-12/h2-7H,1H3,(H,17,18,19). The molecule has 1 unspecified atom stereocenters. The molecule has 0 spiro atoms. The van der Waals surface area contributed by atoms with Crippen LogP contribution in [-0.2, 0) is 0 Å². The summed E-state index contributed by atoms with van der Waals surface area (Å²) in [5, 5.41) is 6.52. The van der Waals surface area contributed by atoms with Crippen LogP contribution in [0.2, 0.25) is 5.02 Å². The van der Waals surface area contributed by atoms with Crippen LogP contribution in [0.5, 0.6) is 0 Å². The topological polar surface area (TPSA) is 50.7 Å². The molecule has 0 aliphatic carbocycles. The molecule has 3 heterocycles. The Morgan fingerprint density at radius 1 is 1.30 bits per heavy atom. The van der Waals surface area contributed by atoms with Gasteiger partial charge in [-0.2, -0.15) is 4.39 Å². The summed E-state index contributed by atoms with van der Waals surface area (Å²) in [5.74, 6) is 0.171. The molecular formula is C13H10ClFN4S. The van der Waals surface area contributed by atoms with E-state index in [4.69, 9.17) is 11.6 Å². The van der Waals surface area contributed by atoms with Gasteiger partial charge in [-0.05, 0) is 18.6 Å². The fraction of sp³-hybridized carbons (Fsp3) is 0.154. The minimum absolute atomic E-state index is 0.0721. The number of nitrogens with one attached hydrogen (secondary N) is 1. The number of hydrogen-bond acceptors (Lipinski definition) is 5. The second-order valence-corrected chi connectivity index (χ2v) is 5.53. The van der Waals surface area contributed by atoms with Crippen molar-refractivity contribution < 1.29 is 4.39 Å². The van der Waals surface area contributed by atoms with Gasteiger partial charge in [0.25, 0.3) is 0 Å². The molecule has 1 N–H and O–H groups in total. The summed E-state index contributed by atoms with van der Waals surface area (Å²) in [7, 11) is 0. The van der Waals surface area contributed by atoms with E-state index in [0.29, 0.717) is 10.8 Å². The van der Waals surface area contributed by atoms with Crippen molar-refractivity contribution in [2.75, 3.05) is 5.32 Å². The zero-order valence-electron chi connectivity index (χ0n) is 10.5. The summed E-state index contributed by atoms with van der Waals surface area (Å²) in [6.45, 7) is 1.95. The Bertz CT molecular complexity index is 744. The molecule has 0 aliphatic rings. The van der Waals surface area contributed by atoms with Crippen molar-refractivity contribution >= 4 is 39.0 Å². The normalized spacial score (nSPS) is 12.6. The Balaban J connectivity index is 1.93. The summed E-state index contributed by atoms with van der Waals surface area (Å²) in [6, 6.07) is 2.95. The predicted molar refractivity (Wildman–Crippen MR) is 78.7 cm³/mol. The van der Waals surface area contributed by atoms with E-state index in [-0.39, 0.29) is 6.04 Å². The Hall–Kier alpha value is -1.79. The Labute approximate surface area is 123 Å². The third-order valence-corrected chi connectivity index (χ3v) is 4.24. The van der Waals surface area contributed by atoms with Crippen LogP contribution in [0.1, 0.15) is 18.5 Å². The van der Waals surface area contributed by atoms with E-state index in [2.05, 4.69) is 20.3 Å². The maximum Gasteiger partial charge on any atom is 0.212 e. The molecule has 0 aliphatic heterocycles. The smallest absolute Gasteiger partial charge is 0.212 e. The van der Waals surface area contributed by atoms with Gasteiger partial charge in [-0.25, -0.2) is 15.0 Å². The van der Waals surface area contributed by atoms with Gasteiger partial charge in [0.05, 0.1) is 16.5 Å². The SMILES string of the molecule is CC(Nc1ncnc2scc(Cl)c12)c1ccc(F)nc1. The van der Waals surface area contributed by atoms with E-state index >= 15 is 0 Å². The van der Waals surface area contributed by atoms with Crippen LogP contribution in [0.25, 0.3) is 10.2 Å². The van der Waals surface area contributed by atoms with Gasteiger partial charge in [-0.1, -0.05) is 17.7 Å². The zero-order valence-corrected chi connectivity index (χ0v) is 12.0. The molecule has 4 nitrogen and oxygen atoms in total. The van der Waals surface area contributed by atoms with E-state index in [1.54, 1.807) is 6.07 Å². The lowest BCUT2D eigenvalue weighted by molar-refractivity contribution is 0.581. The number of aromatic nitrogens is 3. The van der Waals surface area contributed by atoms with E-state index in [9.17, 15) is 4.39 Å². The summed E-state index contributed by atoms with van der Waals surface area (Å²) in [4.78, 5) is 12.9. The van der Waals surface area contributed by atoms with Gasteiger partial charge >= 0.3 is 0 Å². The van der Waals surface area contributed by atoms with Crippen LogP contribution in [0.3, 0.4) is 0 Å². The molecule has 3 aromatic heterocycles. The fourth-order valence-corrected chi connectivity index (χ4v) is 3.02. The van der Waals surface area contributed by atoms with Gasteiger partial charge in [0, 0.05) is 11.6 Å². The van der Waals surface area contributed by atoms with Crippen molar-refractivity contribution in [2.45, 2.75) is 13.0 Å². The fourth-order valence-electron chi connectivity index (χ4n) is 1.88. The van der Waals surface area contributed by atoms with Gasteiger partial charge in [-0.15, -0.1) is 11.3 Å². The van der Waals surface area contributed by atoms with Gasteiger partial charge in [-0.3, -0.25) is 0 Å². The largest absolute Gasteiger partial charge is 0.363 e. The van der Waals surface area contributed by atoms with E-state index in [1.807, 2.05) is 12.3 Å². The minimum atomic E-state index is -0.494. The van der Waals surface area contributed by atoms with Crippen LogP contribution in [-0.4, -0.2) is 15.0 Å². The van der Waals surface area contributed by atoms with E-state index in [0.717, 1.165) is 15.8 Å². The molecule has 1 atom stereocenters. The number of rotatable bonds is 3. The highest BCUT2D eigenvalue weighted by molar-refractivity contribution is 7.17. The molecule has 0 aromatic carbocycles. The van der Waals surface area contributed by atoms with Crippen LogP contribution < -0.4 is 5.32 Å². The van der Waals surface area contributed by atoms with Gasteiger partial charge in [0.15, 0.2) is 0 Å². The number of halogens is 2. The second kappa shape index (κ2) is 5.30. The third-order valence-electron chi connectivity index (χ3n) is 2.93. The van der Waals surface area contributed by atoms with Crippen molar-refractivity contribution in [1.29, 1.82) is 0 Å². The summed E-state index contributed by atoms with van der Waals surface area (Å²) < 4.78 is 12.8. The second-order valence-electron chi connectivity index (χ2n) is 4.27.